The van der Waals surface area contributed by atoms with E-state index in [-0.39, 0.29) is 35.9 Å². The summed E-state index contributed by atoms with van der Waals surface area (Å²) in [5.41, 5.74) is 1.13. The summed E-state index contributed by atoms with van der Waals surface area (Å²) in [7, 11) is 0. The number of aromatic nitrogens is 4. The minimum atomic E-state index is -3.38. The number of ether oxygens (including phenoxy) is 1. The SMILES string of the molecule is CC(F)(F)Oc1cccc(CNC(=O)c2cc(C(=O)NCc3ccc4oc(=O)[nH]c4c3)nc3c(F)cnn23)c1. The summed E-state index contributed by atoms with van der Waals surface area (Å²) in [6, 6.07) is 11.7. The lowest BCUT2D eigenvalue weighted by atomic mass is 10.2. The van der Waals surface area contributed by atoms with Gasteiger partial charge in [0.15, 0.2) is 17.0 Å². The molecule has 3 aromatic heterocycles. The van der Waals surface area contributed by atoms with Crippen LogP contribution in [0.1, 0.15) is 39.0 Å². The molecular weight excluding hydrogens is 521 g/mol. The summed E-state index contributed by atoms with van der Waals surface area (Å²) in [4.78, 5) is 43.7. The van der Waals surface area contributed by atoms with Crippen LogP contribution in [0.15, 0.2) is 63.9 Å². The van der Waals surface area contributed by atoms with Gasteiger partial charge in [-0.2, -0.15) is 13.9 Å². The first-order chi connectivity index (χ1) is 18.6. The van der Waals surface area contributed by atoms with Crippen molar-refractivity contribution < 1.29 is 31.9 Å². The number of hydrogen-bond acceptors (Lipinski definition) is 7. The van der Waals surface area contributed by atoms with Crippen molar-refractivity contribution in [1.82, 2.24) is 30.2 Å². The third kappa shape index (κ3) is 5.74. The topological polar surface area (TPSA) is 144 Å². The number of halogens is 3. The molecule has 0 fully saturated rings. The predicted octanol–water partition coefficient (Wildman–Crippen LogP) is 3.15. The number of benzene rings is 2. The molecule has 5 aromatic rings. The van der Waals surface area contributed by atoms with Gasteiger partial charge in [-0.15, -0.1) is 0 Å². The quantitative estimate of drug-likeness (QED) is 0.274. The number of alkyl halides is 2. The molecule has 0 saturated heterocycles. The molecular formula is C25H19F3N6O5. The van der Waals surface area contributed by atoms with E-state index in [0.29, 0.717) is 29.2 Å². The van der Waals surface area contributed by atoms with E-state index in [1.165, 1.54) is 18.2 Å². The fourth-order valence-electron chi connectivity index (χ4n) is 3.79. The fourth-order valence-corrected chi connectivity index (χ4v) is 3.79. The Morgan fingerprint density at radius 1 is 1.08 bits per heavy atom. The molecule has 11 nitrogen and oxygen atoms in total. The summed E-state index contributed by atoms with van der Waals surface area (Å²) < 4.78 is 51.1. The Bertz CT molecular complexity index is 1770. The lowest BCUT2D eigenvalue weighted by molar-refractivity contribution is -0.159. The maximum atomic E-state index is 14.3. The second kappa shape index (κ2) is 9.96. The minimum absolute atomic E-state index is 0.0351. The van der Waals surface area contributed by atoms with Gasteiger partial charge in [-0.3, -0.25) is 14.6 Å². The number of rotatable bonds is 8. The Morgan fingerprint density at radius 2 is 1.82 bits per heavy atom. The fraction of sp³-hybridized carbons (Fsp3) is 0.160. The molecule has 0 atom stereocenters. The average Bonchev–Trinajstić information content (AvgIpc) is 3.45. The Hall–Kier alpha value is -5.14. The van der Waals surface area contributed by atoms with E-state index in [9.17, 15) is 27.6 Å². The third-order valence-electron chi connectivity index (χ3n) is 5.48. The monoisotopic (exact) mass is 540 g/mol. The molecule has 14 heteroatoms. The van der Waals surface area contributed by atoms with E-state index >= 15 is 0 Å². The highest BCUT2D eigenvalue weighted by Crippen LogP contribution is 2.22. The number of hydrogen-bond donors (Lipinski definition) is 3. The summed E-state index contributed by atoms with van der Waals surface area (Å²) in [6.07, 6.45) is -2.52. The summed E-state index contributed by atoms with van der Waals surface area (Å²) in [5, 5.41) is 9.03. The Balaban J connectivity index is 1.33. The standard InChI is InChI=1S/C25H19F3N6O5/c1-25(27,28)39-15-4-2-3-13(7-15)10-30-23(36)19-9-18(32-21-16(26)12-31-34(19)21)22(35)29-11-14-5-6-20-17(8-14)33-24(37)38-20/h2-9,12H,10-11H2,1H3,(H,29,35)(H,30,36)(H,33,37). The first kappa shape index (κ1) is 25.5. The molecule has 2 aromatic carbocycles. The summed E-state index contributed by atoms with van der Waals surface area (Å²) in [5.74, 6) is -2.97. The van der Waals surface area contributed by atoms with Gasteiger partial charge in [0.25, 0.3) is 11.8 Å². The molecule has 0 unspecified atom stereocenters. The number of oxazole rings is 1. The van der Waals surface area contributed by atoms with E-state index in [4.69, 9.17) is 4.42 Å². The number of amides is 2. The van der Waals surface area contributed by atoms with Crippen LogP contribution in [0, 0.1) is 5.82 Å². The van der Waals surface area contributed by atoms with Gasteiger partial charge in [0, 0.05) is 26.1 Å². The van der Waals surface area contributed by atoms with E-state index in [1.54, 1.807) is 24.3 Å². The first-order valence-electron chi connectivity index (χ1n) is 11.4. The van der Waals surface area contributed by atoms with Crippen LogP contribution in [0.4, 0.5) is 13.2 Å². The first-order valence-corrected chi connectivity index (χ1v) is 11.4. The highest BCUT2D eigenvalue weighted by molar-refractivity contribution is 5.98. The highest BCUT2D eigenvalue weighted by Gasteiger charge is 2.23. The average molecular weight is 540 g/mol. The zero-order chi connectivity index (χ0) is 27.7. The van der Waals surface area contributed by atoms with E-state index < -0.39 is 29.5 Å². The Labute approximate surface area is 216 Å². The molecule has 0 aliphatic rings. The normalized spacial score (nSPS) is 11.6. The van der Waals surface area contributed by atoms with Crippen molar-refractivity contribution in [2.45, 2.75) is 26.1 Å². The van der Waals surface area contributed by atoms with Crippen molar-refractivity contribution in [1.29, 1.82) is 0 Å². The van der Waals surface area contributed by atoms with Gasteiger partial charge < -0.3 is 19.8 Å². The van der Waals surface area contributed by atoms with Crippen molar-refractivity contribution in [3.63, 3.8) is 0 Å². The molecule has 2 amide bonds. The van der Waals surface area contributed by atoms with Crippen LogP contribution in [0.5, 0.6) is 5.75 Å². The maximum Gasteiger partial charge on any atom is 0.417 e. The highest BCUT2D eigenvalue weighted by atomic mass is 19.3. The van der Waals surface area contributed by atoms with Crippen molar-refractivity contribution in [2.24, 2.45) is 0 Å². The second-order valence-electron chi connectivity index (χ2n) is 8.52. The van der Waals surface area contributed by atoms with Gasteiger partial charge in [-0.05, 0) is 35.4 Å². The lowest BCUT2D eigenvalue weighted by Crippen LogP contribution is -2.28. The van der Waals surface area contributed by atoms with Gasteiger partial charge in [-0.1, -0.05) is 18.2 Å². The van der Waals surface area contributed by atoms with Crippen LogP contribution in [0.25, 0.3) is 16.7 Å². The number of H-pyrrole nitrogens is 1. The number of carbonyl (C=O) groups excluding carboxylic acids is 2. The number of nitrogens with zero attached hydrogens (tertiary/aromatic N) is 3. The van der Waals surface area contributed by atoms with Crippen LogP contribution >= 0.6 is 0 Å². The molecule has 0 aliphatic heterocycles. The maximum absolute atomic E-state index is 14.3. The number of carbonyl (C=O) groups is 2. The van der Waals surface area contributed by atoms with Gasteiger partial charge in [-0.25, -0.2) is 18.7 Å². The van der Waals surface area contributed by atoms with Crippen LogP contribution in [-0.4, -0.2) is 37.5 Å². The van der Waals surface area contributed by atoms with Gasteiger partial charge in [0.2, 0.25) is 0 Å². The molecule has 5 rings (SSSR count). The molecule has 39 heavy (non-hydrogen) atoms. The number of aromatic amines is 1. The number of nitrogens with one attached hydrogen (secondary N) is 3. The predicted molar refractivity (Wildman–Crippen MR) is 130 cm³/mol. The molecule has 200 valence electrons. The van der Waals surface area contributed by atoms with Crippen LogP contribution in [-0.2, 0) is 13.1 Å². The molecule has 3 N–H and O–H groups in total. The molecule has 0 aliphatic carbocycles. The third-order valence-corrected chi connectivity index (χ3v) is 5.48. The minimum Gasteiger partial charge on any atom is -0.433 e. The summed E-state index contributed by atoms with van der Waals surface area (Å²) >= 11 is 0. The van der Waals surface area contributed by atoms with E-state index in [0.717, 1.165) is 16.8 Å². The van der Waals surface area contributed by atoms with Crippen LogP contribution in [0.2, 0.25) is 0 Å². The van der Waals surface area contributed by atoms with Crippen LogP contribution < -0.4 is 21.1 Å². The van der Waals surface area contributed by atoms with E-state index in [1.807, 2.05) is 0 Å². The molecule has 0 radical (unpaired) electrons. The van der Waals surface area contributed by atoms with E-state index in [2.05, 4.69) is 30.4 Å². The Kier molecular flexibility index (Phi) is 6.52. The van der Waals surface area contributed by atoms with Crippen molar-refractivity contribution >= 4 is 28.6 Å². The van der Waals surface area contributed by atoms with Gasteiger partial charge >= 0.3 is 11.9 Å². The molecule has 0 spiro atoms. The molecule has 0 bridgehead atoms. The zero-order valence-electron chi connectivity index (χ0n) is 20.1. The largest absolute Gasteiger partial charge is 0.433 e. The second-order valence-corrected chi connectivity index (χ2v) is 8.52. The van der Waals surface area contributed by atoms with Gasteiger partial charge in [0.1, 0.15) is 17.1 Å². The molecule has 3 heterocycles. The van der Waals surface area contributed by atoms with Crippen molar-refractivity contribution in [3.05, 3.63) is 93.6 Å². The van der Waals surface area contributed by atoms with Gasteiger partial charge in [0.05, 0.1) is 11.7 Å². The Morgan fingerprint density at radius 3 is 2.59 bits per heavy atom. The summed E-state index contributed by atoms with van der Waals surface area (Å²) in [6.45, 7) is 0.555. The van der Waals surface area contributed by atoms with Crippen molar-refractivity contribution in [2.75, 3.05) is 0 Å². The number of fused-ring (bicyclic) bond motifs is 2. The van der Waals surface area contributed by atoms with Crippen molar-refractivity contribution in [3.8, 4) is 5.75 Å². The molecule has 0 saturated carbocycles. The van der Waals surface area contributed by atoms with Crippen LogP contribution in [0.3, 0.4) is 0 Å². The smallest absolute Gasteiger partial charge is 0.417 e. The zero-order valence-corrected chi connectivity index (χ0v) is 20.1. The lowest BCUT2D eigenvalue weighted by Gasteiger charge is -2.14.